The summed E-state index contributed by atoms with van der Waals surface area (Å²) in [5.41, 5.74) is 0.855. The van der Waals surface area contributed by atoms with Gasteiger partial charge in [0.1, 0.15) is 12.4 Å². The average Bonchev–Trinajstić information content (AvgIpc) is 2.66. The Hall–Kier alpha value is -2.87. The van der Waals surface area contributed by atoms with Crippen molar-refractivity contribution < 1.29 is 17.5 Å². The first kappa shape index (κ1) is 17.9. The quantitative estimate of drug-likeness (QED) is 0.872. The van der Waals surface area contributed by atoms with Crippen LogP contribution in [0.15, 0.2) is 71.5 Å². The van der Waals surface area contributed by atoms with Gasteiger partial charge in [-0.3, -0.25) is 9.71 Å². The van der Waals surface area contributed by atoms with Gasteiger partial charge in [0, 0.05) is 6.54 Å². The fourth-order valence-electron chi connectivity index (χ4n) is 2.58. The lowest BCUT2D eigenvalue weighted by molar-refractivity contribution is 0.294. The average molecular weight is 375 g/mol. The van der Waals surface area contributed by atoms with E-state index >= 15 is 0 Å². The molecule has 0 aliphatic carbocycles. The molecule has 0 spiro atoms. The first-order chi connectivity index (χ1) is 12.4. The highest BCUT2D eigenvalue weighted by atomic mass is 32.2. The molecular weight excluding hydrogens is 357 g/mol. The highest BCUT2D eigenvalue weighted by molar-refractivity contribution is 7.89. The lowest BCUT2D eigenvalue weighted by atomic mass is 10.2. The molecule has 136 valence electrons. The Morgan fingerprint density at radius 1 is 1.12 bits per heavy atom. The number of nitrogens with zero attached hydrogens (tertiary/aromatic N) is 2. The van der Waals surface area contributed by atoms with Crippen LogP contribution >= 0.6 is 0 Å². The molecule has 0 bridgehead atoms. The molecule has 8 heteroatoms. The van der Waals surface area contributed by atoms with Gasteiger partial charge >= 0.3 is 0 Å². The number of benzene rings is 2. The Bertz CT molecular complexity index is 928. The summed E-state index contributed by atoms with van der Waals surface area (Å²) < 4.78 is 45.8. The van der Waals surface area contributed by atoms with E-state index in [1.54, 1.807) is 0 Å². The minimum Gasteiger partial charge on any atom is -0.497 e. The number of hydrogen-bond donors (Lipinski definition) is 1. The molecule has 1 aliphatic rings. The van der Waals surface area contributed by atoms with Crippen molar-refractivity contribution in [2.45, 2.75) is 11.4 Å². The van der Waals surface area contributed by atoms with Gasteiger partial charge in [0.15, 0.2) is 11.7 Å². The van der Waals surface area contributed by atoms with Crippen molar-refractivity contribution in [3.63, 3.8) is 0 Å². The van der Waals surface area contributed by atoms with E-state index in [-0.39, 0.29) is 23.9 Å². The molecule has 1 heterocycles. The molecule has 0 amide bonds. The first-order valence-corrected chi connectivity index (χ1v) is 9.27. The lowest BCUT2D eigenvalue weighted by Crippen LogP contribution is -2.45. The molecule has 0 saturated heterocycles. The van der Waals surface area contributed by atoms with E-state index < -0.39 is 15.9 Å². The van der Waals surface area contributed by atoms with Gasteiger partial charge in [-0.25, -0.2) is 12.8 Å². The molecule has 3 rings (SSSR count). The van der Waals surface area contributed by atoms with Gasteiger partial charge in [-0.2, -0.15) is 0 Å². The van der Waals surface area contributed by atoms with E-state index in [1.807, 2.05) is 30.3 Å². The molecule has 0 aromatic heterocycles. The van der Waals surface area contributed by atoms with Crippen molar-refractivity contribution >= 4 is 15.9 Å². The van der Waals surface area contributed by atoms with Crippen LogP contribution in [0.1, 0.15) is 5.56 Å². The predicted octanol–water partition coefficient (Wildman–Crippen LogP) is 2.95. The Kier molecular flexibility index (Phi) is 4.94. The second-order valence-corrected chi connectivity index (χ2v) is 7.61. The predicted molar refractivity (Wildman–Crippen MR) is 95.8 cm³/mol. The number of ether oxygens (including phenoxy) is 1. The molecule has 26 heavy (non-hydrogen) atoms. The zero-order chi connectivity index (χ0) is 18.7. The molecule has 2 aromatic carbocycles. The molecule has 0 atom stereocenters. The van der Waals surface area contributed by atoms with Crippen LogP contribution in [0.4, 0.5) is 4.39 Å². The number of hydrogen-bond acceptors (Lipinski definition) is 4. The topological polar surface area (TPSA) is 73.7 Å². The summed E-state index contributed by atoms with van der Waals surface area (Å²) in [6.45, 7) is 0.0884. The fourth-order valence-corrected chi connectivity index (χ4v) is 3.85. The molecule has 0 fully saturated rings. The molecule has 0 radical (unpaired) electrons. The first-order valence-electron chi connectivity index (χ1n) is 7.83. The summed E-state index contributed by atoms with van der Waals surface area (Å²) in [5.74, 6) is -0.712. The van der Waals surface area contributed by atoms with Crippen LogP contribution in [0.5, 0.6) is 5.75 Å². The summed E-state index contributed by atoms with van der Waals surface area (Å²) in [5, 5.41) is 7.90. The van der Waals surface area contributed by atoms with Crippen molar-refractivity contribution in [1.29, 1.82) is 5.41 Å². The van der Waals surface area contributed by atoms with Gasteiger partial charge in [0.2, 0.25) is 0 Å². The van der Waals surface area contributed by atoms with Gasteiger partial charge < -0.3 is 9.64 Å². The Labute approximate surface area is 151 Å². The van der Waals surface area contributed by atoms with Crippen molar-refractivity contribution in [2.24, 2.45) is 0 Å². The van der Waals surface area contributed by atoms with Crippen LogP contribution in [-0.4, -0.2) is 37.2 Å². The zero-order valence-corrected chi connectivity index (χ0v) is 14.9. The summed E-state index contributed by atoms with van der Waals surface area (Å²) in [6.07, 6.45) is 0.851. The number of sulfonamides is 1. The Balaban J connectivity index is 1.87. The SMILES string of the molecule is COc1ccc(S(=O)(=O)N2C=C(F)C(=N)N(Cc3ccccc3)C2)cc1. The van der Waals surface area contributed by atoms with Crippen molar-refractivity contribution in [3.05, 3.63) is 72.2 Å². The normalized spacial score (nSPS) is 15.0. The van der Waals surface area contributed by atoms with Gasteiger partial charge in [0.05, 0.1) is 18.2 Å². The highest BCUT2D eigenvalue weighted by Gasteiger charge is 2.31. The van der Waals surface area contributed by atoms with E-state index in [0.29, 0.717) is 5.75 Å². The van der Waals surface area contributed by atoms with Gasteiger partial charge in [0.25, 0.3) is 10.0 Å². The third-order valence-corrected chi connectivity index (χ3v) is 5.70. The minimum atomic E-state index is -3.95. The third kappa shape index (κ3) is 3.55. The van der Waals surface area contributed by atoms with E-state index in [1.165, 1.54) is 36.3 Å². The zero-order valence-electron chi connectivity index (χ0n) is 14.1. The van der Waals surface area contributed by atoms with Crippen LogP contribution in [0, 0.1) is 5.41 Å². The number of halogens is 1. The Morgan fingerprint density at radius 2 is 1.77 bits per heavy atom. The number of methoxy groups -OCH3 is 1. The van der Waals surface area contributed by atoms with E-state index in [4.69, 9.17) is 10.1 Å². The van der Waals surface area contributed by atoms with Crippen LogP contribution in [-0.2, 0) is 16.6 Å². The summed E-state index contributed by atoms with van der Waals surface area (Å²) in [7, 11) is -2.46. The smallest absolute Gasteiger partial charge is 0.265 e. The molecular formula is C18H18FN3O3S. The van der Waals surface area contributed by atoms with Gasteiger partial charge in [-0.1, -0.05) is 30.3 Å². The van der Waals surface area contributed by atoms with Crippen molar-refractivity contribution in [3.8, 4) is 5.75 Å². The maximum absolute atomic E-state index is 14.2. The maximum atomic E-state index is 14.2. The standard InChI is InChI=1S/C18H18FN3O3S/c1-25-15-7-9-16(10-8-15)26(23,24)22-12-17(19)18(20)21(13-22)11-14-5-3-2-4-6-14/h2-10,12,20H,11,13H2,1H3. The summed E-state index contributed by atoms with van der Waals surface area (Å²) in [6, 6.07) is 15.1. The van der Waals surface area contributed by atoms with Crippen LogP contribution < -0.4 is 4.74 Å². The van der Waals surface area contributed by atoms with Crippen molar-refractivity contribution in [2.75, 3.05) is 13.8 Å². The number of rotatable bonds is 5. The van der Waals surface area contributed by atoms with Crippen LogP contribution in [0.3, 0.4) is 0 Å². The minimum absolute atomic E-state index is 0.0236. The largest absolute Gasteiger partial charge is 0.497 e. The van der Waals surface area contributed by atoms with E-state index in [0.717, 1.165) is 16.1 Å². The summed E-state index contributed by atoms with van der Waals surface area (Å²) in [4.78, 5) is 1.39. The van der Waals surface area contributed by atoms with Crippen LogP contribution in [0.2, 0.25) is 0 Å². The van der Waals surface area contributed by atoms with E-state index in [2.05, 4.69) is 0 Å². The second kappa shape index (κ2) is 7.17. The second-order valence-electron chi connectivity index (χ2n) is 5.72. The molecule has 0 saturated carbocycles. The summed E-state index contributed by atoms with van der Waals surface area (Å²) >= 11 is 0. The third-order valence-electron chi connectivity index (χ3n) is 3.99. The molecule has 0 unspecified atom stereocenters. The van der Waals surface area contributed by atoms with Gasteiger partial charge in [-0.15, -0.1) is 0 Å². The van der Waals surface area contributed by atoms with Crippen molar-refractivity contribution in [1.82, 2.24) is 9.21 Å². The van der Waals surface area contributed by atoms with E-state index in [9.17, 15) is 12.8 Å². The maximum Gasteiger partial charge on any atom is 0.265 e. The molecule has 6 nitrogen and oxygen atoms in total. The fraction of sp³-hybridized carbons (Fsp3) is 0.167. The molecule has 1 N–H and O–H groups in total. The molecule has 1 aliphatic heterocycles. The number of amidine groups is 1. The van der Waals surface area contributed by atoms with Gasteiger partial charge in [-0.05, 0) is 29.8 Å². The highest BCUT2D eigenvalue weighted by Crippen LogP contribution is 2.25. The molecule has 2 aromatic rings. The van der Waals surface area contributed by atoms with Crippen LogP contribution in [0.25, 0.3) is 0 Å². The lowest BCUT2D eigenvalue weighted by Gasteiger charge is -2.34. The Morgan fingerprint density at radius 3 is 2.38 bits per heavy atom. The number of nitrogens with one attached hydrogen (secondary N) is 1. The monoisotopic (exact) mass is 375 g/mol.